The Bertz CT molecular complexity index is 371. The van der Waals surface area contributed by atoms with Gasteiger partial charge in [0.1, 0.15) is 5.54 Å². The van der Waals surface area contributed by atoms with Crippen molar-refractivity contribution in [1.29, 1.82) is 0 Å². The van der Waals surface area contributed by atoms with E-state index in [1.165, 1.54) is 0 Å². The molecule has 0 aromatic carbocycles. The summed E-state index contributed by atoms with van der Waals surface area (Å²) in [6, 6.07) is 0. The molecule has 2 rings (SSSR count). The molecule has 2 fully saturated rings. The average Bonchev–Trinajstić information content (AvgIpc) is 2.34. The molecule has 1 amide bonds. The molecule has 108 valence electrons. The fourth-order valence-corrected chi connectivity index (χ4v) is 2.66. The molecule has 1 aliphatic heterocycles. The molecule has 0 radical (unpaired) electrons. The van der Waals surface area contributed by atoms with Gasteiger partial charge >= 0.3 is 5.97 Å². The van der Waals surface area contributed by atoms with Crippen LogP contribution in [0.4, 0.5) is 0 Å². The first-order valence-corrected chi connectivity index (χ1v) is 6.90. The molecule has 19 heavy (non-hydrogen) atoms. The summed E-state index contributed by atoms with van der Waals surface area (Å²) in [6.07, 6.45) is 1.93. The van der Waals surface area contributed by atoms with E-state index in [2.05, 4.69) is 15.5 Å². The van der Waals surface area contributed by atoms with Crippen molar-refractivity contribution in [2.45, 2.75) is 44.2 Å². The molecule has 0 spiro atoms. The van der Waals surface area contributed by atoms with Crippen molar-refractivity contribution >= 4 is 11.9 Å². The van der Waals surface area contributed by atoms with E-state index in [1.807, 2.05) is 13.8 Å². The summed E-state index contributed by atoms with van der Waals surface area (Å²) in [5, 5.41) is 15.3. The number of hydrogen-bond donors (Lipinski definition) is 3. The third-order valence-electron chi connectivity index (χ3n) is 4.43. The van der Waals surface area contributed by atoms with E-state index in [4.69, 9.17) is 0 Å². The van der Waals surface area contributed by atoms with Crippen molar-refractivity contribution in [2.24, 2.45) is 0 Å². The van der Waals surface area contributed by atoms with Crippen LogP contribution in [0, 0.1) is 0 Å². The van der Waals surface area contributed by atoms with Gasteiger partial charge in [0.05, 0.1) is 5.54 Å². The number of aliphatic carboxylic acids is 1. The third-order valence-corrected chi connectivity index (χ3v) is 4.43. The van der Waals surface area contributed by atoms with Crippen LogP contribution in [-0.4, -0.2) is 59.1 Å². The van der Waals surface area contributed by atoms with Crippen molar-refractivity contribution in [1.82, 2.24) is 15.5 Å². The van der Waals surface area contributed by atoms with Crippen LogP contribution in [0.2, 0.25) is 0 Å². The van der Waals surface area contributed by atoms with Crippen LogP contribution in [0.25, 0.3) is 0 Å². The molecule has 3 N–H and O–H groups in total. The Labute approximate surface area is 113 Å². The van der Waals surface area contributed by atoms with E-state index in [0.717, 1.165) is 32.6 Å². The summed E-state index contributed by atoms with van der Waals surface area (Å²) in [4.78, 5) is 25.8. The topological polar surface area (TPSA) is 81.7 Å². The van der Waals surface area contributed by atoms with Gasteiger partial charge in [-0.2, -0.15) is 0 Å². The van der Waals surface area contributed by atoms with Gasteiger partial charge in [0, 0.05) is 26.2 Å². The standard InChI is InChI=1S/C13H23N3O3/c1-12(2,16-8-6-14-7-9-16)10(17)15-13(11(18)19)4-3-5-13/h14H,3-9H2,1-2H3,(H,15,17)(H,18,19). The quantitative estimate of drug-likeness (QED) is 0.658. The Kier molecular flexibility index (Phi) is 3.82. The zero-order chi connectivity index (χ0) is 14.1. The lowest BCUT2D eigenvalue weighted by atomic mass is 9.76. The SMILES string of the molecule is CC(C)(C(=O)NC1(C(=O)O)CCC1)N1CCNCC1. The van der Waals surface area contributed by atoms with Crippen molar-refractivity contribution in [3.05, 3.63) is 0 Å². The van der Waals surface area contributed by atoms with Gasteiger partial charge in [-0.15, -0.1) is 0 Å². The largest absolute Gasteiger partial charge is 0.480 e. The lowest BCUT2D eigenvalue weighted by Crippen LogP contribution is -2.67. The molecule has 1 heterocycles. The number of nitrogens with one attached hydrogen (secondary N) is 2. The van der Waals surface area contributed by atoms with Crippen LogP contribution in [0.15, 0.2) is 0 Å². The Hall–Kier alpha value is -1.14. The van der Waals surface area contributed by atoms with Gasteiger partial charge in [0.15, 0.2) is 0 Å². The summed E-state index contributed by atoms with van der Waals surface area (Å²) >= 11 is 0. The molecule has 0 atom stereocenters. The van der Waals surface area contributed by atoms with E-state index in [1.54, 1.807) is 0 Å². The number of carbonyl (C=O) groups is 2. The minimum atomic E-state index is -1.03. The zero-order valence-electron chi connectivity index (χ0n) is 11.7. The maximum Gasteiger partial charge on any atom is 0.329 e. The number of carboxylic acids is 1. The number of hydrogen-bond acceptors (Lipinski definition) is 4. The maximum absolute atomic E-state index is 12.4. The fraction of sp³-hybridized carbons (Fsp3) is 0.846. The second-order valence-corrected chi connectivity index (χ2v) is 5.99. The van der Waals surface area contributed by atoms with E-state index in [9.17, 15) is 14.7 Å². The fourth-order valence-electron chi connectivity index (χ4n) is 2.66. The molecule has 0 aromatic rings. The number of nitrogens with zero attached hydrogens (tertiary/aromatic N) is 1. The summed E-state index contributed by atoms with van der Waals surface area (Å²) in [7, 11) is 0. The Morgan fingerprint density at radius 1 is 1.26 bits per heavy atom. The third kappa shape index (κ3) is 2.60. The molecule has 2 aliphatic rings. The van der Waals surface area contributed by atoms with Crippen molar-refractivity contribution in [2.75, 3.05) is 26.2 Å². The highest BCUT2D eigenvalue weighted by Gasteiger charge is 2.48. The second kappa shape index (κ2) is 5.09. The van der Waals surface area contributed by atoms with E-state index >= 15 is 0 Å². The highest BCUT2D eigenvalue weighted by molar-refractivity contribution is 5.92. The van der Waals surface area contributed by atoms with Gasteiger partial charge in [0.25, 0.3) is 0 Å². The molecule has 0 unspecified atom stereocenters. The van der Waals surface area contributed by atoms with Crippen LogP contribution in [0.3, 0.4) is 0 Å². The molecule has 1 aliphatic carbocycles. The monoisotopic (exact) mass is 269 g/mol. The molecular weight excluding hydrogens is 246 g/mol. The van der Waals surface area contributed by atoms with Crippen molar-refractivity contribution in [3.63, 3.8) is 0 Å². The minimum absolute atomic E-state index is 0.184. The highest BCUT2D eigenvalue weighted by Crippen LogP contribution is 2.33. The van der Waals surface area contributed by atoms with Crippen LogP contribution >= 0.6 is 0 Å². The molecule has 0 bridgehead atoms. The number of amides is 1. The zero-order valence-corrected chi connectivity index (χ0v) is 11.7. The van der Waals surface area contributed by atoms with E-state index in [-0.39, 0.29) is 5.91 Å². The van der Waals surface area contributed by atoms with Gasteiger partial charge < -0.3 is 15.7 Å². The van der Waals surface area contributed by atoms with Gasteiger partial charge in [-0.1, -0.05) is 0 Å². The first-order chi connectivity index (χ1) is 8.88. The van der Waals surface area contributed by atoms with Gasteiger partial charge in [-0.25, -0.2) is 4.79 Å². The average molecular weight is 269 g/mol. The second-order valence-electron chi connectivity index (χ2n) is 5.99. The lowest BCUT2D eigenvalue weighted by Gasteiger charge is -2.44. The molecule has 0 aromatic heterocycles. The molecule has 1 saturated heterocycles. The number of rotatable bonds is 4. The summed E-state index contributed by atoms with van der Waals surface area (Å²) in [5.74, 6) is -1.10. The van der Waals surface area contributed by atoms with Crippen molar-refractivity contribution < 1.29 is 14.7 Å². The normalized spacial score (nSPS) is 23.5. The highest BCUT2D eigenvalue weighted by atomic mass is 16.4. The summed E-state index contributed by atoms with van der Waals surface area (Å²) < 4.78 is 0. The Morgan fingerprint density at radius 3 is 2.26 bits per heavy atom. The first kappa shape index (κ1) is 14.3. The molecule has 6 nitrogen and oxygen atoms in total. The van der Waals surface area contributed by atoms with Gasteiger partial charge in [-0.05, 0) is 33.1 Å². The van der Waals surface area contributed by atoms with Gasteiger partial charge in [0.2, 0.25) is 5.91 Å². The van der Waals surface area contributed by atoms with Crippen LogP contribution in [0.5, 0.6) is 0 Å². The first-order valence-electron chi connectivity index (χ1n) is 6.90. The smallest absolute Gasteiger partial charge is 0.329 e. The maximum atomic E-state index is 12.4. The van der Waals surface area contributed by atoms with Crippen molar-refractivity contribution in [3.8, 4) is 0 Å². The van der Waals surface area contributed by atoms with Gasteiger partial charge in [-0.3, -0.25) is 9.69 Å². The predicted molar refractivity (Wildman–Crippen MR) is 70.9 cm³/mol. The number of piperazine rings is 1. The molecule has 1 saturated carbocycles. The van der Waals surface area contributed by atoms with Crippen LogP contribution < -0.4 is 10.6 Å². The summed E-state index contributed by atoms with van der Waals surface area (Å²) in [5.41, 5.74) is -1.69. The summed E-state index contributed by atoms with van der Waals surface area (Å²) in [6.45, 7) is 7.06. The number of carboxylic acid groups (broad SMARTS) is 1. The lowest BCUT2D eigenvalue weighted by molar-refractivity contribution is -0.154. The Balaban J connectivity index is 2.03. The predicted octanol–water partition coefficient (Wildman–Crippen LogP) is -0.206. The van der Waals surface area contributed by atoms with E-state index < -0.39 is 17.0 Å². The van der Waals surface area contributed by atoms with Crippen LogP contribution in [-0.2, 0) is 9.59 Å². The molecule has 6 heteroatoms. The minimum Gasteiger partial charge on any atom is -0.480 e. The number of carbonyl (C=O) groups excluding carboxylic acids is 1. The Morgan fingerprint density at radius 2 is 1.84 bits per heavy atom. The van der Waals surface area contributed by atoms with E-state index in [0.29, 0.717) is 12.8 Å². The van der Waals surface area contributed by atoms with Crippen LogP contribution in [0.1, 0.15) is 33.1 Å². The molecular formula is C13H23N3O3.